The van der Waals surface area contributed by atoms with Crippen LogP contribution in [0.25, 0.3) is 0 Å². The predicted octanol–water partition coefficient (Wildman–Crippen LogP) is 3.32. The molecule has 146 valence electrons. The summed E-state index contributed by atoms with van der Waals surface area (Å²) in [6, 6.07) is 5.11. The third-order valence-corrected chi connectivity index (χ3v) is 6.60. The van der Waals surface area contributed by atoms with E-state index in [0.29, 0.717) is 17.8 Å². The summed E-state index contributed by atoms with van der Waals surface area (Å²) in [4.78, 5) is 13.9. The van der Waals surface area contributed by atoms with Crippen LogP contribution in [0.15, 0.2) is 23.1 Å². The number of rotatable bonds is 7. The average Bonchev–Trinajstić information content (AvgIpc) is 2.61. The van der Waals surface area contributed by atoms with Crippen molar-refractivity contribution in [2.24, 2.45) is 0 Å². The maximum absolute atomic E-state index is 13.0. The summed E-state index contributed by atoms with van der Waals surface area (Å²) in [7, 11) is -3.72. The first-order valence-corrected chi connectivity index (χ1v) is 11.1. The minimum Gasteiger partial charge on any atom is -0.368 e. The van der Waals surface area contributed by atoms with Gasteiger partial charge in [-0.05, 0) is 57.7 Å². The number of alkyl halides is 1. The van der Waals surface area contributed by atoms with E-state index in [1.54, 1.807) is 12.1 Å². The van der Waals surface area contributed by atoms with Crippen molar-refractivity contribution in [1.82, 2.24) is 4.72 Å². The van der Waals surface area contributed by atoms with Crippen LogP contribution in [0.5, 0.6) is 0 Å². The highest BCUT2D eigenvalue weighted by molar-refractivity contribution is 7.89. The van der Waals surface area contributed by atoms with Crippen molar-refractivity contribution in [2.45, 2.75) is 63.4 Å². The molecule has 1 aliphatic heterocycles. The quantitative estimate of drug-likeness (QED) is 0.687. The molecule has 1 aromatic rings. The van der Waals surface area contributed by atoms with Gasteiger partial charge in [0.25, 0.3) is 0 Å². The lowest BCUT2D eigenvalue weighted by Gasteiger charge is -2.36. The molecule has 1 saturated heterocycles. The molecular formula is C18H28ClN3O3S. The van der Waals surface area contributed by atoms with Crippen LogP contribution < -0.4 is 14.9 Å². The van der Waals surface area contributed by atoms with Crippen LogP contribution in [-0.4, -0.2) is 38.8 Å². The number of nitrogens with one attached hydrogen (secondary N) is 2. The van der Waals surface area contributed by atoms with Crippen LogP contribution in [-0.2, 0) is 14.8 Å². The van der Waals surface area contributed by atoms with Crippen LogP contribution in [0.1, 0.15) is 46.5 Å². The first kappa shape index (κ1) is 21.0. The molecule has 1 amide bonds. The van der Waals surface area contributed by atoms with Crippen molar-refractivity contribution in [3.63, 3.8) is 0 Å². The molecule has 1 heterocycles. The van der Waals surface area contributed by atoms with Gasteiger partial charge in [0.05, 0.1) is 5.69 Å². The maximum atomic E-state index is 13.0. The van der Waals surface area contributed by atoms with Crippen molar-refractivity contribution in [2.75, 3.05) is 22.6 Å². The molecule has 1 aliphatic rings. The molecule has 26 heavy (non-hydrogen) atoms. The molecule has 2 atom stereocenters. The summed E-state index contributed by atoms with van der Waals surface area (Å²) in [6.45, 7) is 6.69. The molecule has 0 saturated carbocycles. The van der Waals surface area contributed by atoms with Gasteiger partial charge in [0, 0.05) is 24.3 Å². The van der Waals surface area contributed by atoms with Crippen LogP contribution in [0.2, 0.25) is 0 Å². The number of amides is 1. The SMILES string of the molecule is CCC(C)NS(=O)(=O)c1cc(NC(=O)CCl)ccc1N1CCCCC1C. The van der Waals surface area contributed by atoms with E-state index in [1.165, 1.54) is 6.07 Å². The number of hydrogen-bond donors (Lipinski definition) is 2. The molecule has 2 unspecified atom stereocenters. The molecule has 0 bridgehead atoms. The smallest absolute Gasteiger partial charge is 0.242 e. The Bertz CT molecular complexity index is 739. The maximum Gasteiger partial charge on any atom is 0.242 e. The summed E-state index contributed by atoms with van der Waals surface area (Å²) in [5.41, 5.74) is 1.10. The minimum atomic E-state index is -3.72. The molecule has 0 aromatic heterocycles. The van der Waals surface area contributed by atoms with Gasteiger partial charge in [0.2, 0.25) is 15.9 Å². The van der Waals surface area contributed by atoms with Crippen LogP contribution >= 0.6 is 11.6 Å². The Morgan fingerprint density at radius 2 is 2.12 bits per heavy atom. The van der Waals surface area contributed by atoms with E-state index in [1.807, 2.05) is 13.8 Å². The lowest BCUT2D eigenvalue weighted by Crippen LogP contribution is -2.39. The Labute approximate surface area is 161 Å². The van der Waals surface area contributed by atoms with Gasteiger partial charge >= 0.3 is 0 Å². The normalized spacial score (nSPS) is 19.2. The van der Waals surface area contributed by atoms with Crippen molar-refractivity contribution in [3.8, 4) is 0 Å². The third-order valence-electron chi connectivity index (χ3n) is 4.74. The monoisotopic (exact) mass is 401 g/mol. The van der Waals surface area contributed by atoms with Gasteiger partial charge in [-0.3, -0.25) is 4.79 Å². The van der Waals surface area contributed by atoms with E-state index in [-0.39, 0.29) is 28.8 Å². The van der Waals surface area contributed by atoms with E-state index in [2.05, 4.69) is 21.9 Å². The standard InChI is InChI=1S/C18H28ClN3O3S/c1-4-13(2)21-26(24,25)17-11-15(20-18(23)12-19)8-9-16(17)22-10-6-5-7-14(22)3/h8-9,11,13-14,21H,4-7,10,12H2,1-3H3,(H,20,23). The number of nitrogens with zero attached hydrogens (tertiary/aromatic N) is 1. The zero-order chi connectivity index (χ0) is 19.3. The van der Waals surface area contributed by atoms with E-state index in [9.17, 15) is 13.2 Å². The summed E-state index contributed by atoms with van der Waals surface area (Å²) in [6.07, 6.45) is 3.91. The number of halogens is 1. The fraction of sp³-hybridized carbons (Fsp3) is 0.611. The van der Waals surface area contributed by atoms with Gasteiger partial charge in [0.1, 0.15) is 10.8 Å². The summed E-state index contributed by atoms with van der Waals surface area (Å²) < 4.78 is 28.7. The fourth-order valence-corrected chi connectivity index (χ4v) is 4.74. The molecule has 0 spiro atoms. The van der Waals surface area contributed by atoms with E-state index >= 15 is 0 Å². The molecule has 1 fully saturated rings. The number of piperidine rings is 1. The molecule has 1 aromatic carbocycles. The molecule has 0 aliphatic carbocycles. The molecule has 6 nitrogen and oxygen atoms in total. The third kappa shape index (κ3) is 5.11. The van der Waals surface area contributed by atoms with Gasteiger partial charge in [-0.15, -0.1) is 11.6 Å². The zero-order valence-corrected chi connectivity index (χ0v) is 17.2. The highest BCUT2D eigenvalue weighted by Gasteiger charge is 2.27. The van der Waals surface area contributed by atoms with Gasteiger partial charge in [0.15, 0.2) is 0 Å². The van der Waals surface area contributed by atoms with Crippen LogP contribution in [0, 0.1) is 0 Å². The van der Waals surface area contributed by atoms with Gasteiger partial charge in [-0.25, -0.2) is 13.1 Å². The zero-order valence-electron chi connectivity index (χ0n) is 15.6. The summed E-state index contributed by atoms with van der Waals surface area (Å²) in [5.74, 6) is -0.554. The predicted molar refractivity (Wildman–Crippen MR) is 107 cm³/mol. The molecule has 2 N–H and O–H groups in total. The first-order valence-electron chi connectivity index (χ1n) is 9.07. The number of carbonyl (C=O) groups excluding carboxylic acids is 1. The van der Waals surface area contributed by atoms with Gasteiger partial charge < -0.3 is 10.2 Å². The van der Waals surface area contributed by atoms with Crippen molar-refractivity contribution in [3.05, 3.63) is 18.2 Å². The largest absolute Gasteiger partial charge is 0.368 e. The Hall–Kier alpha value is -1.31. The van der Waals surface area contributed by atoms with Crippen molar-refractivity contribution < 1.29 is 13.2 Å². The van der Waals surface area contributed by atoms with Gasteiger partial charge in [-0.2, -0.15) is 0 Å². The van der Waals surface area contributed by atoms with Crippen molar-refractivity contribution in [1.29, 1.82) is 0 Å². The highest BCUT2D eigenvalue weighted by atomic mass is 35.5. The second-order valence-electron chi connectivity index (χ2n) is 6.83. The molecule has 2 rings (SSSR count). The lowest BCUT2D eigenvalue weighted by molar-refractivity contribution is -0.113. The summed E-state index contributed by atoms with van der Waals surface area (Å²) in [5, 5.41) is 2.63. The van der Waals surface area contributed by atoms with Crippen LogP contribution in [0.3, 0.4) is 0 Å². The van der Waals surface area contributed by atoms with Crippen LogP contribution in [0.4, 0.5) is 11.4 Å². The number of benzene rings is 1. The summed E-state index contributed by atoms with van der Waals surface area (Å²) >= 11 is 5.54. The Morgan fingerprint density at radius 1 is 1.38 bits per heavy atom. The second-order valence-corrected chi connectivity index (χ2v) is 8.78. The fourth-order valence-electron chi connectivity index (χ4n) is 3.11. The van der Waals surface area contributed by atoms with E-state index in [4.69, 9.17) is 11.6 Å². The minimum absolute atomic E-state index is 0.173. The topological polar surface area (TPSA) is 78.5 Å². The Morgan fingerprint density at radius 3 is 2.73 bits per heavy atom. The number of anilines is 2. The highest BCUT2D eigenvalue weighted by Crippen LogP contribution is 2.33. The lowest BCUT2D eigenvalue weighted by atomic mass is 10.0. The second kappa shape index (κ2) is 9.06. The molecule has 0 radical (unpaired) electrons. The Balaban J connectivity index is 2.47. The number of sulfonamides is 1. The molecule has 8 heteroatoms. The Kier molecular flexibility index (Phi) is 7.32. The number of carbonyl (C=O) groups is 1. The van der Waals surface area contributed by atoms with Gasteiger partial charge in [-0.1, -0.05) is 6.92 Å². The average molecular weight is 402 g/mol. The van der Waals surface area contributed by atoms with E-state index < -0.39 is 10.0 Å². The van der Waals surface area contributed by atoms with Crippen molar-refractivity contribution >= 4 is 38.9 Å². The van der Waals surface area contributed by atoms with E-state index in [0.717, 1.165) is 25.8 Å². The first-order chi connectivity index (χ1) is 12.3. The number of hydrogen-bond acceptors (Lipinski definition) is 4. The molecular weight excluding hydrogens is 374 g/mol.